The zero-order valence-electron chi connectivity index (χ0n) is 11.7. The molecule has 4 nitrogen and oxygen atoms in total. The highest BCUT2D eigenvalue weighted by Crippen LogP contribution is 2.33. The van der Waals surface area contributed by atoms with Gasteiger partial charge in [0.25, 0.3) is 0 Å². The smallest absolute Gasteiger partial charge is 0.315 e. The molecule has 1 aliphatic rings. The molecule has 0 amide bonds. The summed E-state index contributed by atoms with van der Waals surface area (Å²) < 4.78 is 0. The summed E-state index contributed by atoms with van der Waals surface area (Å²) in [6, 6.07) is 0. The van der Waals surface area contributed by atoms with Gasteiger partial charge in [0.2, 0.25) is 0 Å². The van der Waals surface area contributed by atoms with Crippen LogP contribution in [0.25, 0.3) is 0 Å². The molecule has 1 N–H and O–H groups in total. The summed E-state index contributed by atoms with van der Waals surface area (Å²) in [5.41, 5.74) is -0.269. The van der Waals surface area contributed by atoms with Crippen molar-refractivity contribution in [3.8, 4) is 0 Å². The van der Waals surface area contributed by atoms with E-state index < -0.39 is 11.4 Å². The number of thioether (sulfide) groups is 1. The molecule has 0 saturated carbocycles. The first-order chi connectivity index (χ1) is 8.80. The minimum absolute atomic E-state index is 0.587. The van der Waals surface area contributed by atoms with Crippen molar-refractivity contribution in [2.24, 2.45) is 0 Å². The normalized spacial score (nSPS) is 24.5. The minimum Gasteiger partial charge on any atom is -0.481 e. The number of hydrogen-bond donors (Lipinski definition) is 1. The third-order valence-electron chi connectivity index (χ3n) is 3.36. The monoisotopic (exact) mass is 300 g/mol. The van der Waals surface area contributed by atoms with E-state index in [2.05, 4.69) is 23.7 Å². The molecule has 0 bridgehead atoms. The number of aromatic nitrogens is 1. The molecule has 1 fully saturated rings. The van der Waals surface area contributed by atoms with Crippen molar-refractivity contribution < 1.29 is 9.90 Å². The van der Waals surface area contributed by atoms with Gasteiger partial charge in [-0.25, -0.2) is 4.98 Å². The molecule has 1 saturated heterocycles. The zero-order valence-corrected chi connectivity index (χ0v) is 13.3. The minimum atomic E-state index is -0.920. The Morgan fingerprint density at radius 1 is 1.42 bits per heavy atom. The molecule has 2 rings (SSSR count). The molecule has 1 aromatic heterocycles. The van der Waals surface area contributed by atoms with Gasteiger partial charge in [-0.3, -0.25) is 4.79 Å². The molecule has 19 heavy (non-hydrogen) atoms. The summed E-state index contributed by atoms with van der Waals surface area (Å²) in [7, 11) is 0. The fourth-order valence-electron chi connectivity index (χ4n) is 2.14. The van der Waals surface area contributed by atoms with Gasteiger partial charge >= 0.3 is 5.97 Å². The summed E-state index contributed by atoms with van der Waals surface area (Å²) >= 11 is 3.54. The summed E-state index contributed by atoms with van der Waals surface area (Å²) in [5, 5.41) is 13.2. The quantitative estimate of drug-likeness (QED) is 0.930. The highest BCUT2D eigenvalue weighted by molar-refractivity contribution is 8.00. The van der Waals surface area contributed by atoms with Gasteiger partial charge in [0.05, 0.1) is 5.69 Å². The van der Waals surface area contributed by atoms with Crippen LogP contribution in [0.3, 0.4) is 0 Å². The number of carboxylic acid groups (broad SMARTS) is 1. The summed E-state index contributed by atoms with van der Waals surface area (Å²) in [4.78, 5) is 18.1. The Morgan fingerprint density at radius 2 is 2.00 bits per heavy atom. The molecule has 6 heteroatoms. The van der Waals surface area contributed by atoms with Gasteiger partial charge < -0.3 is 10.0 Å². The number of anilines is 1. The lowest BCUT2D eigenvalue weighted by atomic mass is 9.90. The van der Waals surface area contributed by atoms with E-state index in [1.54, 1.807) is 25.2 Å². The van der Waals surface area contributed by atoms with E-state index in [0.717, 1.165) is 18.2 Å². The van der Waals surface area contributed by atoms with E-state index in [9.17, 15) is 9.90 Å². The number of carbonyl (C=O) groups is 1. The summed E-state index contributed by atoms with van der Waals surface area (Å²) in [6.45, 7) is 9.81. The zero-order chi connectivity index (χ0) is 14.2. The molecule has 1 aromatic rings. The van der Waals surface area contributed by atoms with Crippen LogP contribution in [0, 0.1) is 0 Å². The van der Waals surface area contributed by atoms with Gasteiger partial charge in [-0.1, -0.05) is 13.8 Å². The van der Waals surface area contributed by atoms with Gasteiger partial charge in [-0.15, -0.1) is 11.3 Å². The lowest BCUT2D eigenvalue weighted by Crippen LogP contribution is -2.40. The molecule has 106 valence electrons. The molecule has 0 aliphatic carbocycles. The fourth-order valence-corrected chi connectivity index (χ4v) is 4.48. The Hall–Kier alpha value is -0.750. The lowest BCUT2D eigenvalue weighted by Gasteiger charge is -2.34. The Morgan fingerprint density at radius 3 is 2.53 bits per heavy atom. The van der Waals surface area contributed by atoms with Crippen molar-refractivity contribution in [3.63, 3.8) is 0 Å². The van der Waals surface area contributed by atoms with E-state index in [-0.39, 0.29) is 0 Å². The second kappa shape index (κ2) is 5.32. The van der Waals surface area contributed by atoms with Crippen LogP contribution in [0.15, 0.2) is 5.38 Å². The van der Waals surface area contributed by atoms with Gasteiger partial charge in [-0.2, -0.15) is 11.8 Å². The Bertz CT molecular complexity index is 463. The first-order valence-electron chi connectivity index (χ1n) is 6.40. The maximum atomic E-state index is 11.3. The maximum Gasteiger partial charge on any atom is 0.315 e. The van der Waals surface area contributed by atoms with E-state index in [0.29, 0.717) is 16.2 Å². The predicted octanol–water partition coefficient (Wildman–Crippen LogP) is 2.84. The van der Waals surface area contributed by atoms with Gasteiger partial charge in [-0.05, 0) is 13.8 Å². The van der Waals surface area contributed by atoms with Crippen LogP contribution in [-0.4, -0.2) is 39.6 Å². The largest absolute Gasteiger partial charge is 0.481 e. The number of aliphatic carboxylic acids is 1. The second-order valence-corrected chi connectivity index (χ2v) is 8.33. The Balaban J connectivity index is 2.19. The number of thiazole rings is 1. The third kappa shape index (κ3) is 3.05. The van der Waals surface area contributed by atoms with E-state index in [1.807, 2.05) is 17.1 Å². The van der Waals surface area contributed by atoms with E-state index in [4.69, 9.17) is 0 Å². The molecule has 2 atom stereocenters. The highest BCUT2D eigenvalue weighted by Gasteiger charge is 2.33. The van der Waals surface area contributed by atoms with Crippen LogP contribution >= 0.6 is 23.1 Å². The molecular weight excluding hydrogens is 280 g/mol. The van der Waals surface area contributed by atoms with Crippen LogP contribution in [0.4, 0.5) is 5.13 Å². The van der Waals surface area contributed by atoms with Crippen molar-refractivity contribution in [2.75, 3.05) is 18.0 Å². The molecule has 2 unspecified atom stereocenters. The molecular formula is C13H20N2O2S2. The van der Waals surface area contributed by atoms with Crippen LogP contribution in [0.1, 0.15) is 33.4 Å². The van der Waals surface area contributed by atoms with Crippen LogP contribution in [0.5, 0.6) is 0 Å². The molecule has 0 aromatic carbocycles. The Kier molecular flexibility index (Phi) is 4.11. The first-order valence-corrected chi connectivity index (χ1v) is 8.22. The number of hydrogen-bond acceptors (Lipinski definition) is 5. The molecule has 0 radical (unpaired) electrons. The standard InChI is InChI=1S/C13H20N2O2S2/c1-8-5-15(6-9(2)19-8)12-14-10(7-18-12)13(3,4)11(16)17/h7-9H,5-6H2,1-4H3,(H,16,17). The number of nitrogens with zero attached hydrogens (tertiary/aromatic N) is 2. The summed E-state index contributed by atoms with van der Waals surface area (Å²) in [6.07, 6.45) is 0. The molecule has 1 aliphatic heterocycles. The highest BCUT2D eigenvalue weighted by atomic mass is 32.2. The van der Waals surface area contributed by atoms with Crippen molar-refractivity contribution >= 4 is 34.2 Å². The Labute approximate surface area is 122 Å². The molecule has 2 heterocycles. The topological polar surface area (TPSA) is 53.4 Å². The van der Waals surface area contributed by atoms with Crippen LogP contribution in [0.2, 0.25) is 0 Å². The summed E-state index contributed by atoms with van der Waals surface area (Å²) in [5.74, 6) is -0.833. The van der Waals surface area contributed by atoms with Crippen molar-refractivity contribution in [1.82, 2.24) is 4.98 Å². The van der Waals surface area contributed by atoms with Crippen LogP contribution in [-0.2, 0) is 10.2 Å². The second-order valence-electron chi connectivity index (χ2n) is 5.61. The van der Waals surface area contributed by atoms with E-state index in [1.165, 1.54) is 0 Å². The number of rotatable bonds is 3. The average Bonchev–Trinajstić information content (AvgIpc) is 2.76. The van der Waals surface area contributed by atoms with Gasteiger partial charge in [0.1, 0.15) is 5.41 Å². The van der Waals surface area contributed by atoms with E-state index >= 15 is 0 Å². The lowest BCUT2D eigenvalue weighted by molar-refractivity contribution is -0.142. The van der Waals surface area contributed by atoms with Crippen molar-refractivity contribution in [3.05, 3.63) is 11.1 Å². The maximum absolute atomic E-state index is 11.3. The SMILES string of the molecule is CC1CN(c2nc(C(C)(C)C(=O)O)cs2)CC(C)S1. The van der Waals surface area contributed by atoms with Crippen molar-refractivity contribution in [2.45, 2.75) is 43.6 Å². The predicted molar refractivity (Wildman–Crippen MR) is 81.5 cm³/mol. The number of carboxylic acids is 1. The van der Waals surface area contributed by atoms with Crippen molar-refractivity contribution in [1.29, 1.82) is 0 Å². The fraction of sp³-hybridized carbons (Fsp3) is 0.692. The average molecular weight is 300 g/mol. The third-order valence-corrected chi connectivity index (χ3v) is 5.49. The van der Waals surface area contributed by atoms with Gasteiger partial charge in [0.15, 0.2) is 5.13 Å². The van der Waals surface area contributed by atoms with Crippen LogP contribution < -0.4 is 4.90 Å². The first kappa shape index (κ1) is 14.7. The van der Waals surface area contributed by atoms with Gasteiger partial charge in [0, 0.05) is 29.0 Å². The molecule has 0 spiro atoms.